The minimum absolute atomic E-state index is 0.0983. The Labute approximate surface area is 212 Å². The summed E-state index contributed by atoms with van der Waals surface area (Å²) < 4.78 is 0. The number of hydrogen-bond acceptors (Lipinski definition) is 5. The Balaban J connectivity index is 1.30. The monoisotopic (exact) mass is 489 g/mol. The van der Waals surface area contributed by atoms with E-state index in [0.717, 1.165) is 56.6 Å². The summed E-state index contributed by atoms with van der Waals surface area (Å²) in [6.45, 7) is 8.42. The number of carbonyl (C=O) groups is 1. The van der Waals surface area contributed by atoms with Gasteiger partial charge in [-0.3, -0.25) is 4.79 Å². The number of nitrogens with one attached hydrogen (secondary N) is 1. The van der Waals surface area contributed by atoms with Gasteiger partial charge < -0.3 is 15.1 Å². The third-order valence-electron chi connectivity index (χ3n) is 7.36. The van der Waals surface area contributed by atoms with E-state index in [-0.39, 0.29) is 11.9 Å². The number of rotatable bonds is 4. The second-order valence-electron chi connectivity index (χ2n) is 9.82. The summed E-state index contributed by atoms with van der Waals surface area (Å²) in [6, 6.07) is 10.3. The van der Waals surface area contributed by atoms with Gasteiger partial charge in [0.2, 0.25) is 0 Å². The molecule has 6 nitrogen and oxygen atoms in total. The molecule has 0 spiro atoms. The van der Waals surface area contributed by atoms with Crippen LogP contribution in [0.25, 0.3) is 11.4 Å². The number of benzene rings is 2. The molecular weight excluding hydrogens is 458 g/mol. The Morgan fingerprint density at radius 3 is 2.46 bits per heavy atom. The quantitative estimate of drug-likeness (QED) is 0.586. The average molecular weight is 490 g/mol. The Kier molecular flexibility index (Phi) is 6.76. The van der Waals surface area contributed by atoms with Gasteiger partial charge >= 0.3 is 0 Å². The van der Waals surface area contributed by atoms with Crippen molar-refractivity contribution in [1.29, 1.82) is 0 Å². The number of halogens is 1. The van der Waals surface area contributed by atoms with Crippen LogP contribution in [-0.2, 0) is 12.8 Å². The molecule has 35 heavy (non-hydrogen) atoms. The van der Waals surface area contributed by atoms with Crippen molar-refractivity contribution in [2.75, 3.05) is 38.1 Å². The molecule has 0 unspecified atom stereocenters. The lowest BCUT2D eigenvalue weighted by Gasteiger charge is -2.37. The molecule has 2 aliphatic rings. The van der Waals surface area contributed by atoms with E-state index in [0.29, 0.717) is 16.4 Å². The summed E-state index contributed by atoms with van der Waals surface area (Å²) in [5.74, 6) is 0.473. The molecule has 1 aliphatic heterocycles. The highest BCUT2D eigenvalue weighted by Crippen LogP contribution is 2.33. The second kappa shape index (κ2) is 9.96. The van der Waals surface area contributed by atoms with Crippen LogP contribution in [0.3, 0.4) is 0 Å². The van der Waals surface area contributed by atoms with E-state index in [1.54, 1.807) is 12.4 Å². The van der Waals surface area contributed by atoms with Crippen molar-refractivity contribution < 1.29 is 4.79 Å². The molecule has 1 fully saturated rings. The van der Waals surface area contributed by atoms with Crippen LogP contribution in [-0.4, -0.2) is 60.0 Å². The number of aryl methyl sites for hydroxylation is 2. The Bertz CT molecular complexity index is 1230. The summed E-state index contributed by atoms with van der Waals surface area (Å²) in [5.41, 5.74) is 7.94. The number of piperazine rings is 1. The van der Waals surface area contributed by atoms with Crippen LogP contribution >= 0.6 is 11.6 Å². The predicted octanol–water partition coefficient (Wildman–Crippen LogP) is 4.45. The fraction of sp³-hybridized carbons (Fsp3) is 0.393. The maximum Gasteiger partial charge on any atom is 0.254 e. The summed E-state index contributed by atoms with van der Waals surface area (Å²) in [4.78, 5) is 26.8. The largest absolute Gasteiger partial charge is 0.369 e. The molecule has 1 atom stereocenters. The normalized spacial score (nSPS) is 18.3. The lowest BCUT2D eigenvalue weighted by atomic mass is 9.84. The lowest BCUT2D eigenvalue weighted by Crippen LogP contribution is -2.45. The zero-order valence-corrected chi connectivity index (χ0v) is 21.4. The minimum Gasteiger partial charge on any atom is -0.369 e. The molecular formula is C28H32ClN5O. The molecule has 7 heteroatoms. The molecule has 2 aromatic carbocycles. The molecule has 2 heterocycles. The van der Waals surface area contributed by atoms with Gasteiger partial charge in [0.15, 0.2) is 5.82 Å². The molecule has 1 amide bonds. The summed E-state index contributed by atoms with van der Waals surface area (Å²) in [7, 11) is 2.18. The standard InChI is InChI=1S/C28H32ClN5O/c1-18-4-9-26(34-12-10-33(3)11-13-34)25-15-22(6-8-23(18)25)32-28(35)20-16-30-27(31-17-20)24-7-5-21(29)14-19(24)2/h4-5,7,9,14,16-17,22H,6,8,10-13,15H2,1-3H3,(H,32,35)/t22-/m0/s1. The van der Waals surface area contributed by atoms with Gasteiger partial charge in [-0.2, -0.15) is 0 Å². The fourth-order valence-corrected chi connectivity index (χ4v) is 5.47. The van der Waals surface area contributed by atoms with Crippen LogP contribution in [0, 0.1) is 13.8 Å². The van der Waals surface area contributed by atoms with Crippen molar-refractivity contribution in [3.05, 3.63) is 75.6 Å². The van der Waals surface area contributed by atoms with Gasteiger partial charge in [0.25, 0.3) is 5.91 Å². The molecule has 5 rings (SSSR count). The number of likely N-dealkylation sites (N-methyl/N-ethyl adjacent to an activating group) is 1. The van der Waals surface area contributed by atoms with Gasteiger partial charge in [-0.25, -0.2) is 9.97 Å². The number of carbonyl (C=O) groups excluding carboxylic acids is 1. The maximum absolute atomic E-state index is 13.0. The van der Waals surface area contributed by atoms with E-state index in [2.05, 4.69) is 51.2 Å². The summed E-state index contributed by atoms with van der Waals surface area (Å²) in [5, 5.41) is 3.93. The van der Waals surface area contributed by atoms with E-state index < -0.39 is 0 Å². The van der Waals surface area contributed by atoms with Gasteiger partial charge in [-0.15, -0.1) is 0 Å². The minimum atomic E-state index is -0.119. The zero-order chi connectivity index (χ0) is 24.5. The molecule has 1 N–H and O–H groups in total. The number of anilines is 1. The van der Waals surface area contributed by atoms with Crippen LogP contribution in [0.15, 0.2) is 42.7 Å². The van der Waals surface area contributed by atoms with Crippen LogP contribution in [0.5, 0.6) is 0 Å². The second-order valence-corrected chi connectivity index (χ2v) is 10.3. The maximum atomic E-state index is 13.0. The molecule has 0 radical (unpaired) electrons. The topological polar surface area (TPSA) is 61.4 Å². The summed E-state index contributed by atoms with van der Waals surface area (Å²) in [6.07, 6.45) is 6.01. The molecule has 0 bridgehead atoms. The first kappa shape index (κ1) is 23.8. The molecule has 1 saturated heterocycles. The number of aromatic nitrogens is 2. The van der Waals surface area contributed by atoms with Crippen molar-refractivity contribution >= 4 is 23.2 Å². The van der Waals surface area contributed by atoms with E-state index >= 15 is 0 Å². The van der Waals surface area contributed by atoms with Gasteiger partial charge in [0, 0.05) is 60.9 Å². The molecule has 1 aromatic heterocycles. The Hall–Kier alpha value is -2.96. The Morgan fingerprint density at radius 1 is 1.00 bits per heavy atom. The van der Waals surface area contributed by atoms with Gasteiger partial charge in [0.05, 0.1) is 5.56 Å². The van der Waals surface area contributed by atoms with Crippen LogP contribution in [0.4, 0.5) is 5.69 Å². The summed E-state index contributed by atoms with van der Waals surface area (Å²) >= 11 is 6.07. The number of fused-ring (bicyclic) bond motifs is 1. The number of amides is 1. The first-order valence-corrected chi connectivity index (χ1v) is 12.7. The SMILES string of the molecule is Cc1cc(Cl)ccc1-c1ncc(C(=O)N[C@H]2CCc3c(C)ccc(N4CCN(C)CC4)c3C2)cn1. The fourth-order valence-electron chi connectivity index (χ4n) is 5.24. The third-order valence-corrected chi connectivity index (χ3v) is 7.59. The predicted molar refractivity (Wildman–Crippen MR) is 141 cm³/mol. The van der Waals surface area contributed by atoms with Crippen molar-refractivity contribution in [3.63, 3.8) is 0 Å². The molecule has 1 aliphatic carbocycles. The third kappa shape index (κ3) is 5.04. The van der Waals surface area contributed by atoms with E-state index in [1.807, 2.05) is 25.1 Å². The van der Waals surface area contributed by atoms with E-state index in [9.17, 15) is 4.79 Å². The molecule has 182 valence electrons. The smallest absolute Gasteiger partial charge is 0.254 e. The van der Waals surface area contributed by atoms with E-state index in [4.69, 9.17) is 11.6 Å². The first-order valence-electron chi connectivity index (χ1n) is 12.3. The highest BCUT2D eigenvalue weighted by Gasteiger charge is 2.27. The van der Waals surface area contributed by atoms with Gasteiger partial charge in [-0.1, -0.05) is 17.7 Å². The van der Waals surface area contributed by atoms with Crippen LogP contribution in [0.1, 0.15) is 39.0 Å². The average Bonchev–Trinajstić information content (AvgIpc) is 2.85. The van der Waals surface area contributed by atoms with Crippen LogP contribution in [0.2, 0.25) is 5.02 Å². The number of nitrogens with zero attached hydrogens (tertiary/aromatic N) is 4. The van der Waals surface area contributed by atoms with E-state index in [1.165, 1.54) is 22.4 Å². The van der Waals surface area contributed by atoms with Crippen molar-refractivity contribution in [3.8, 4) is 11.4 Å². The first-order chi connectivity index (χ1) is 16.9. The molecule has 3 aromatic rings. The zero-order valence-electron chi connectivity index (χ0n) is 20.6. The highest BCUT2D eigenvalue weighted by atomic mass is 35.5. The van der Waals surface area contributed by atoms with Crippen molar-refractivity contribution in [2.45, 2.75) is 39.2 Å². The number of hydrogen-bond donors (Lipinski definition) is 1. The van der Waals surface area contributed by atoms with Crippen molar-refractivity contribution in [1.82, 2.24) is 20.2 Å². The Morgan fingerprint density at radius 2 is 1.74 bits per heavy atom. The molecule has 0 saturated carbocycles. The van der Waals surface area contributed by atoms with Gasteiger partial charge in [-0.05, 0) is 86.7 Å². The lowest BCUT2D eigenvalue weighted by molar-refractivity contribution is 0.0933. The van der Waals surface area contributed by atoms with Crippen molar-refractivity contribution in [2.24, 2.45) is 0 Å². The van der Waals surface area contributed by atoms with Gasteiger partial charge in [0.1, 0.15) is 0 Å². The highest BCUT2D eigenvalue weighted by molar-refractivity contribution is 6.30. The van der Waals surface area contributed by atoms with Crippen LogP contribution < -0.4 is 10.2 Å².